The van der Waals surface area contributed by atoms with Gasteiger partial charge in [-0.1, -0.05) is 0 Å². The molecule has 14 heavy (non-hydrogen) atoms. The standard InChI is InChI=1S/C10H18O4/c1-10(13,9(11)12)7-3-5-8(14-2)6-4-7/h7-8,13H,3-6H2,1-2H3,(H,11,12). The molecular weight excluding hydrogens is 184 g/mol. The van der Waals surface area contributed by atoms with Crippen molar-refractivity contribution >= 4 is 5.97 Å². The summed E-state index contributed by atoms with van der Waals surface area (Å²) >= 11 is 0. The van der Waals surface area contributed by atoms with Gasteiger partial charge in [0.25, 0.3) is 0 Å². The van der Waals surface area contributed by atoms with Gasteiger partial charge in [0.1, 0.15) is 0 Å². The van der Waals surface area contributed by atoms with Crippen LogP contribution in [0, 0.1) is 5.92 Å². The van der Waals surface area contributed by atoms with E-state index < -0.39 is 11.6 Å². The molecule has 0 aromatic carbocycles. The van der Waals surface area contributed by atoms with E-state index in [-0.39, 0.29) is 12.0 Å². The van der Waals surface area contributed by atoms with Crippen LogP contribution < -0.4 is 0 Å². The highest BCUT2D eigenvalue weighted by atomic mass is 16.5. The van der Waals surface area contributed by atoms with Gasteiger partial charge >= 0.3 is 5.97 Å². The number of aliphatic hydroxyl groups is 1. The molecule has 0 saturated heterocycles. The zero-order valence-electron chi connectivity index (χ0n) is 8.69. The Bertz CT molecular complexity index is 204. The summed E-state index contributed by atoms with van der Waals surface area (Å²) in [6.07, 6.45) is 3.35. The topological polar surface area (TPSA) is 66.8 Å². The van der Waals surface area contributed by atoms with Crippen molar-refractivity contribution in [2.75, 3.05) is 7.11 Å². The number of aliphatic carboxylic acids is 1. The van der Waals surface area contributed by atoms with E-state index in [0.29, 0.717) is 0 Å². The van der Waals surface area contributed by atoms with Crippen molar-refractivity contribution in [1.82, 2.24) is 0 Å². The van der Waals surface area contributed by atoms with Crippen LogP contribution in [0.4, 0.5) is 0 Å². The molecule has 0 aromatic heterocycles. The fraction of sp³-hybridized carbons (Fsp3) is 0.900. The van der Waals surface area contributed by atoms with E-state index in [1.54, 1.807) is 7.11 Å². The summed E-state index contributed by atoms with van der Waals surface area (Å²) in [6, 6.07) is 0. The average molecular weight is 202 g/mol. The van der Waals surface area contributed by atoms with Gasteiger partial charge in [0.2, 0.25) is 0 Å². The molecular formula is C10H18O4. The minimum absolute atomic E-state index is 0.147. The van der Waals surface area contributed by atoms with Crippen molar-refractivity contribution in [2.24, 2.45) is 5.92 Å². The first kappa shape index (κ1) is 11.5. The number of carboxylic acids is 1. The van der Waals surface area contributed by atoms with Crippen molar-refractivity contribution in [3.05, 3.63) is 0 Å². The number of hydrogen-bond donors (Lipinski definition) is 2. The summed E-state index contributed by atoms with van der Waals surface area (Å²) in [7, 11) is 1.67. The number of ether oxygens (including phenoxy) is 1. The molecule has 0 bridgehead atoms. The van der Waals surface area contributed by atoms with E-state index in [2.05, 4.69) is 0 Å². The fourth-order valence-electron chi connectivity index (χ4n) is 2.04. The Hall–Kier alpha value is -0.610. The summed E-state index contributed by atoms with van der Waals surface area (Å²) in [5, 5.41) is 18.6. The Morgan fingerprint density at radius 2 is 1.86 bits per heavy atom. The number of methoxy groups -OCH3 is 1. The molecule has 0 aliphatic heterocycles. The van der Waals surface area contributed by atoms with Crippen LogP contribution in [0.3, 0.4) is 0 Å². The van der Waals surface area contributed by atoms with Gasteiger partial charge in [-0.15, -0.1) is 0 Å². The van der Waals surface area contributed by atoms with Crippen molar-refractivity contribution in [3.8, 4) is 0 Å². The molecule has 82 valence electrons. The van der Waals surface area contributed by atoms with Crippen molar-refractivity contribution in [2.45, 2.75) is 44.3 Å². The molecule has 4 heteroatoms. The molecule has 1 unspecified atom stereocenters. The predicted molar refractivity (Wildman–Crippen MR) is 51.0 cm³/mol. The molecule has 1 atom stereocenters. The monoisotopic (exact) mass is 202 g/mol. The van der Waals surface area contributed by atoms with Crippen molar-refractivity contribution in [3.63, 3.8) is 0 Å². The van der Waals surface area contributed by atoms with Gasteiger partial charge in [-0.2, -0.15) is 0 Å². The Morgan fingerprint density at radius 1 is 1.36 bits per heavy atom. The first-order valence-electron chi connectivity index (χ1n) is 4.97. The minimum Gasteiger partial charge on any atom is -0.479 e. The quantitative estimate of drug-likeness (QED) is 0.717. The van der Waals surface area contributed by atoms with E-state index in [1.165, 1.54) is 6.92 Å². The molecule has 1 aliphatic rings. The molecule has 1 saturated carbocycles. The zero-order chi connectivity index (χ0) is 10.8. The molecule has 2 N–H and O–H groups in total. The Kier molecular flexibility index (Phi) is 3.50. The van der Waals surface area contributed by atoms with Gasteiger partial charge < -0.3 is 14.9 Å². The molecule has 1 fully saturated rings. The predicted octanol–water partition coefficient (Wildman–Crippen LogP) is 1.03. The van der Waals surface area contributed by atoms with Gasteiger partial charge in [-0.05, 0) is 38.5 Å². The van der Waals surface area contributed by atoms with E-state index in [4.69, 9.17) is 9.84 Å². The molecule has 0 amide bonds. The second kappa shape index (κ2) is 4.28. The normalized spacial score (nSPS) is 32.2. The largest absolute Gasteiger partial charge is 0.479 e. The average Bonchev–Trinajstić information content (AvgIpc) is 2.17. The van der Waals surface area contributed by atoms with Gasteiger partial charge in [0.05, 0.1) is 6.10 Å². The maximum atomic E-state index is 10.8. The van der Waals surface area contributed by atoms with Gasteiger partial charge in [-0.3, -0.25) is 0 Å². The van der Waals surface area contributed by atoms with Crippen LogP contribution in [-0.2, 0) is 9.53 Å². The van der Waals surface area contributed by atoms with Gasteiger partial charge in [-0.25, -0.2) is 4.79 Å². The summed E-state index contributed by atoms with van der Waals surface area (Å²) in [4.78, 5) is 10.8. The Morgan fingerprint density at radius 3 is 2.21 bits per heavy atom. The molecule has 0 aromatic rings. The van der Waals surface area contributed by atoms with E-state index in [9.17, 15) is 9.90 Å². The lowest BCUT2D eigenvalue weighted by Gasteiger charge is -2.34. The van der Waals surface area contributed by atoms with Crippen molar-refractivity contribution < 1.29 is 19.7 Å². The number of rotatable bonds is 3. The minimum atomic E-state index is -1.58. The highest BCUT2D eigenvalue weighted by Crippen LogP contribution is 2.33. The fourth-order valence-corrected chi connectivity index (χ4v) is 2.04. The zero-order valence-corrected chi connectivity index (χ0v) is 8.69. The SMILES string of the molecule is COC1CCC(C(C)(O)C(=O)O)CC1. The summed E-state index contributed by atoms with van der Waals surface area (Å²) in [5.74, 6) is -1.27. The summed E-state index contributed by atoms with van der Waals surface area (Å²) < 4.78 is 5.18. The molecule has 4 nitrogen and oxygen atoms in total. The van der Waals surface area contributed by atoms with Crippen LogP contribution in [0.15, 0.2) is 0 Å². The van der Waals surface area contributed by atoms with Crippen LogP contribution in [0.25, 0.3) is 0 Å². The lowest BCUT2D eigenvalue weighted by molar-refractivity contribution is -0.164. The third-order valence-electron chi connectivity index (χ3n) is 3.24. The molecule has 0 spiro atoms. The number of carboxylic acid groups (broad SMARTS) is 1. The lowest BCUT2D eigenvalue weighted by Crippen LogP contribution is -2.45. The van der Waals surface area contributed by atoms with Crippen LogP contribution in [-0.4, -0.2) is 35.0 Å². The highest BCUT2D eigenvalue weighted by molar-refractivity contribution is 5.76. The second-order valence-corrected chi connectivity index (χ2v) is 4.16. The van der Waals surface area contributed by atoms with Gasteiger partial charge in [0, 0.05) is 7.11 Å². The van der Waals surface area contributed by atoms with Crippen LogP contribution in [0.1, 0.15) is 32.6 Å². The first-order chi connectivity index (χ1) is 6.48. The third kappa shape index (κ3) is 2.25. The van der Waals surface area contributed by atoms with Crippen molar-refractivity contribution in [1.29, 1.82) is 0 Å². The second-order valence-electron chi connectivity index (χ2n) is 4.16. The Labute approximate surface area is 83.9 Å². The maximum Gasteiger partial charge on any atom is 0.335 e. The molecule has 1 aliphatic carbocycles. The molecule has 1 rings (SSSR count). The van der Waals surface area contributed by atoms with E-state index in [1.807, 2.05) is 0 Å². The number of hydrogen-bond acceptors (Lipinski definition) is 3. The molecule has 0 heterocycles. The third-order valence-corrected chi connectivity index (χ3v) is 3.24. The van der Waals surface area contributed by atoms with Crippen LogP contribution >= 0.6 is 0 Å². The van der Waals surface area contributed by atoms with E-state index >= 15 is 0 Å². The Balaban J connectivity index is 2.53. The smallest absolute Gasteiger partial charge is 0.335 e. The maximum absolute atomic E-state index is 10.8. The van der Waals surface area contributed by atoms with Gasteiger partial charge in [0.15, 0.2) is 5.60 Å². The lowest BCUT2D eigenvalue weighted by atomic mass is 9.77. The summed E-state index contributed by atoms with van der Waals surface area (Å²) in [6.45, 7) is 1.38. The highest BCUT2D eigenvalue weighted by Gasteiger charge is 2.41. The summed E-state index contributed by atoms with van der Waals surface area (Å²) in [5.41, 5.74) is -1.58. The van der Waals surface area contributed by atoms with Crippen LogP contribution in [0.5, 0.6) is 0 Å². The number of carbonyl (C=O) groups is 1. The van der Waals surface area contributed by atoms with Crippen LogP contribution in [0.2, 0.25) is 0 Å². The molecule has 0 radical (unpaired) electrons. The first-order valence-corrected chi connectivity index (χ1v) is 4.97. The van der Waals surface area contributed by atoms with E-state index in [0.717, 1.165) is 25.7 Å².